The summed E-state index contributed by atoms with van der Waals surface area (Å²) in [5.41, 5.74) is 4.68. The summed E-state index contributed by atoms with van der Waals surface area (Å²) >= 11 is 0. The number of rotatable bonds is 9. The van der Waals surface area contributed by atoms with Gasteiger partial charge in [-0.2, -0.15) is 0 Å². The molecule has 0 unspecified atom stereocenters. The molecule has 0 saturated carbocycles. The number of anilines is 1. The number of benzene rings is 2. The summed E-state index contributed by atoms with van der Waals surface area (Å²) in [7, 11) is 0. The van der Waals surface area contributed by atoms with Crippen LogP contribution in [0.3, 0.4) is 0 Å². The van der Waals surface area contributed by atoms with Crippen molar-refractivity contribution in [3.8, 4) is 5.75 Å². The van der Waals surface area contributed by atoms with Gasteiger partial charge in [-0.15, -0.1) is 0 Å². The van der Waals surface area contributed by atoms with Gasteiger partial charge in [-0.3, -0.25) is 4.79 Å². The second kappa shape index (κ2) is 10.3. The number of ether oxygens (including phenoxy) is 1. The average Bonchev–Trinajstić information content (AvgIpc) is 2.65. The molecular formula is C25H35NO2. The molecule has 0 aromatic heterocycles. The third-order valence-corrected chi connectivity index (χ3v) is 5.00. The lowest BCUT2D eigenvalue weighted by Gasteiger charge is -2.20. The van der Waals surface area contributed by atoms with Gasteiger partial charge in [0.2, 0.25) is 5.91 Å². The predicted molar refractivity (Wildman–Crippen MR) is 119 cm³/mol. The van der Waals surface area contributed by atoms with Crippen LogP contribution in [0.15, 0.2) is 42.5 Å². The summed E-state index contributed by atoms with van der Waals surface area (Å²) in [4.78, 5) is 12.5. The van der Waals surface area contributed by atoms with Gasteiger partial charge in [0.1, 0.15) is 5.75 Å². The zero-order valence-corrected chi connectivity index (χ0v) is 18.2. The molecule has 152 valence electrons. The number of hydrogen-bond acceptors (Lipinski definition) is 2. The van der Waals surface area contributed by atoms with Gasteiger partial charge >= 0.3 is 0 Å². The van der Waals surface area contributed by atoms with E-state index in [4.69, 9.17) is 4.74 Å². The summed E-state index contributed by atoms with van der Waals surface area (Å²) in [5, 5.41) is 3.17. The van der Waals surface area contributed by atoms with E-state index in [1.807, 2.05) is 12.1 Å². The Balaban J connectivity index is 1.89. The van der Waals surface area contributed by atoms with Gasteiger partial charge in [-0.05, 0) is 53.0 Å². The van der Waals surface area contributed by atoms with E-state index in [0.717, 1.165) is 11.4 Å². The zero-order chi connectivity index (χ0) is 20.7. The first-order valence-corrected chi connectivity index (χ1v) is 10.4. The highest BCUT2D eigenvalue weighted by atomic mass is 16.5. The molecule has 3 nitrogen and oxygen atoms in total. The molecule has 0 fully saturated rings. The van der Waals surface area contributed by atoms with E-state index in [1.165, 1.54) is 16.7 Å². The van der Waals surface area contributed by atoms with Crippen molar-refractivity contribution in [1.29, 1.82) is 0 Å². The van der Waals surface area contributed by atoms with Crippen LogP contribution in [0.25, 0.3) is 0 Å². The lowest BCUT2D eigenvalue weighted by molar-refractivity contribution is -0.116. The number of para-hydroxylation sites is 1. The molecule has 2 rings (SSSR count). The fraction of sp³-hybridized carbons (Fsp3) is 0.480. The van der Waals surface area contributed by atoms with Gasteiger partial charge < -0.3 is 10.1 Å². The molecular weight excluding hydrogens is 346 g/mol. The quantitative estimate of drug-likeness (QED) is 0.482. The van der Waals surface area contributed by atoms with E-state index in [-0.39, 0.29) is 5.91 Å². The highest BCUT2D eigenvalue weighted by Crippen LogP contribution is 2.32. The molecule has 0 aliphatic carbocycles. The van der Waals surface area contributed by atoms with E-state index >= 15 is 0 Å². The van der Waals surface area contributed by atoms with Crippen LogP contribution in [0.5, 0.6) is 5.75 Å². The summed E-state index contributed by atoms with van der Waals surface area (Å²) < 4.78 is 5.79. The highest BCUT2D eigenvalue weighted by molar-refractivity contribution is 5.92. The van der Waals surface area contributed by atoms with E-state index < -0.39 is 0 Å². The van der Waals surface area contributed by atoms with Crippen molar-refractivity contribution in [3.05, 3.63) is 59.2 Å². The van der Waals surface area contributed by atoms with Gasteiger partial charge in [-0.25, -0.2) is 0 Å². The number of carbonyl (C=O) groups excluding carboxylic acids is 1. The second-order valence-corrected chi connectivity index (χ2v) is 8.34. The van der Waals surface area contributed by atoms with Crippen molar-refractivity contribution in [2.45, 2.75) is 72.1 Å². The number of carbonyl (C=O) groups is 1. The SMILES string of the molecule is CC(C)c1ccc(OCCCC(=O)Nc2c(C(C)C)cccc2C(C)C)cc1. The molecule has 0 heterocycles. The molecule has 0 aliphatic heterocycles. The maximum absolute atomic E-state index is 12.5. The molecule has 0 atom stereocenters. The van der Waals surface area contributed by atoms with Crippen molar-refractivity contribution in [2.24, 2.45) is 0 Å². The van der Waals surface area contributed by atoms with Crippen LogP contribution in [-0.4, -0.2) is 12.5 Å². The largest absolute Gasteiger partial charge is 0.494 e. The van der Waals surface area contributed by atoms with Crippen LogP contribution in [0, 0.1) is 0 Å². The molecule has 3 heteroatoms. The van der Waals surface area contributed by atoms with E-state index in [2.05, 4.69) is 77.2 Å². The second-order valence-electron chi connectivity index (χ2n) is 8.34. The molecule has 0 bridgehead atoms. The summed E-state index contributed by atoms with van der Waals surface area (Å²) in [6.07, 6.45) is 1.15. The van der Waals surface area contributed by atoms with Crippen LogP contribution in [-0.2, 0) is 4.79 Å². The molecule has 0 radical (unpaired) electrons. The van der Waals surface area contributed by atoms with Gasteiger partial charge in [-0.1, -0.05) is 71.9 Å². The standard InChI is InChI=1S/C25H35NO2/c1-17(2)20-12-14-21(15-13-20)28-16-8-11-24(27)26-25-22(18(3)4)9-7-10-23(25)19(5)6/h7,9-10,12-15,17-19H,8,11,16H2,1-6H3,(H,26,27). The lowest BCUT2D eigenvalue weighted by atomic mass is 9.92. The average molecular weight is 382 g/mol. The maximum atomic E-state index is 12.5. The Morgan fingerprint density at radius 1 is 0.857 bits per heavy atom. The lowest BCUT2D eigenvalue weighted by Crippen LogP contribution is -2.16. The third-order valence-electron chi connectivity index (χ3n) is 5.00. The molecule has 0 saturated heterocycles. The number of nitrogens with one attached hydrogen (secondary N) is 1. The monoisotopic (exact) mass is 381 g/mol. The normalized spacial score (nSPS) is 11.3. The van der Waals surface area contributed by atoms with Crippen LogP contribution < -0.4 is 10.1 Å². The summed E-state index contributed by atoms with van der Waals surface area (Å²) in [5.74, 6) is 2.16. The Bertz CT molecular complexity index is 734. The molecule has 0 spiro atoms. The molecule has 28 heavy (non-hydrogen) atoms. The van der Waals surface area contributed by atoms with E-state index in [0.29, 0.717) is 37.2 Å². The van der Waals surface area contributed by atoms with Crippen molar-refractivity contribution in [2.75, 3.05) is 11.9 Å². The molecule has 1 amide bonds. The topological polar surface area (TPSA) is 38.3 Å². The Labute approximate surface area is 170 Å². The summed E-state index contributed by atoms with van der Waals surface area (Å²) in [6, 6.07) is 14.5. The van der Waals surface area contributed by atoms with Crippen LogP contribution in [0.1, 0.15) is 88.8 Å². The van der Waals surface area contributed by atoms with Crippen molar-refractivity contribution >= 4 is 11.6 Å². The molecule has 1 N–H and O–H groups in total. The van der Waals surface area contributed by atoms with E-state index in [9.17, 15) is 4.79 Å². The molecule has 2 aromatic carbocycles. The number of hydrogen-bond donors (Lipinski definition) is 1. The zero-order valence-electron chi connectivity index (χ0n) is 18.2. The molecule has 0 aliphatic rings. The fourth-order valence-corrected chi connectivity index (χ4v) is 3.27. The minimum atomic E-state index is 0.0498. The maximum Gasteiger partial charge on any atom is 0.224 e. The minimum Gasteiger partial charge on any atom is -0.494 e. The first kappa shape index (κ1) is 22.0. The van der Waals surface area contributed by atoms with Crippen molar-refractivity contribution in [1.82, 2.24) is 0 Å². The smallest absolute Gasteiger partial charge is 0.224 e. The van der Waals surface area contributed by atoms with Crippen molar-refractivity contribution < 1.29 is 9.53 Å². The van der Waals surface area contributed by atoms with Crippen molar-refractivity contribution in [3.63, 3.8) is 0 Å². The van der Waals surface area contributed by atoms with Gasteiger partial charge in [0, 0.05) is 12.1 Å². The minimum absolute atomic E-state index is 0.0498. The molecule has 2 aromatic rings. The van der Waals surface area contributed by atoms with Crippen LogP contribution >= 0.6 is 0 Å². The Kier molecular flexibility index (Phi) is 8.10. The Hall–Kier alpha value is -2.29. The first-order chi connectivity index (χ1) is 13.3. The van der Waals surface area contributed by atoms with Gasteiger partial charge in [0.05, 0.1) is 6.61 Å². The van der Waals surface area contributed by atoms with E-state index in [1.54, 1.807) is 0 Å². The van der Waals surface area contributed by atoms with Crippen LogP contribution in [0.2, 0.25) is 0 Å². The first-order valence-electron chi connectivity index (χ1n) is 10.4. The third kappa shape index (κ3) is 6.12. The predicted octanol–water partition coefficient (Wildman–Crippen LogP) is 6.85. The van der Waals surface area contributed by atoms with Gasteiger partial charge in [0.25, 0.3) is 0 Å². The highest BCUT2D eigenvalue weighted by Gasteiger charge is 2.15. The summed E-state index contributed by atoms with van der Waals surface area (Å²) in [6.45, 7) is 13.5. The number of amides is 1. The Morgan fingerprint density at radius 3 is 1.93 bits per heavy atom. The van der Waals surface area contributed by atoms with Crippen LogP contribution in [0.4, 0.5) is 5.69 Å². The van der Waals surface area contributed by atoms with Gasteiger partial charge in [0.15, 0.2) is 0 Å². The Morgan fingerprint density at radius 2 is 1.43 bits per heavy atom. The fourth-order valence-electron chi connectivity index (χ4n) is 3.27.